The number of ether oxygens (including phenoxy) is 1. The quantitative estimate of drug-likeness (QED) is 0.644. The molecule has 1 N–H and O–H groups in total. The van der Waals surface area contributed by atoms with Crippen molar-refractivity contribution in [3.63, 3.8) is 0 Å². The molecule has 1 aliphatic heterocycles. The Morgan fingerprint density at radius 1 is 1.75 bits per heavy atom. The molecule has 0 spiro atoms. The first kappa shape index (κ1) is 14.4. The lowest BCUT2D eigenvalue weighted by molar-refractivity contribution is -0.385. The van der Waals surface area contributed by atoms with Gasteiger partial charge in [0.15, 0.2) is 0 Å². The van der Waals surface area contributed by atoms with Crippen LogP contribution in [-0.2, 0) is 11.3 Å². The van der Waals surface area contributed by atoms with E-state index >= 15 is 0 Å². The van der Waals surface area contributed by atoms with Crippen molar-refractivity contribution in [2.24, 2.45) is 0 Å². The molecule has 8 nitrogen and oxygen atoms in total. The third kappa shape index (κ3) is 2.79. The number of carbonyl (C=O) groups is 1. The number of nitro groups is 1. The summed E-state index contributed by atoms with van der Waals surface area (Å²) in [5.41, 5.74) is -0.286. The molecule has 0 saturated carbocycles. The number of aromatic nitrogens is 2. The van der Waals surface area contributed by atoms with Crippen molar-refractivity contribution >= 4 is 11.6 Å². The molecular weight excluding hydrogens is 264 g/mol. The van der Waals surface area contributed by atoms with Crippen molar-refractivity contribution in [2.75, 3.05) is 6.61 Å². The second-order valence-electron chi connectivity index (χ2n) is 4.76. The normalized spacial score (nSPS) is 19.8. The van der Waals surface area contributed by atoms with Crippen LogP contribution in [0.4, 0.5) is 5.69 Å². The Kier molecular flexibility index (Phi) is 4.33. The van der Waals surface area contributed by atoms with Crippen LogP contribution in [0.2, 0.25) is 0 Å². The fourth-order valence-electron chi connectivity index (χ4n) is 2.35. The van der Waals surface area contributed by atoms with Crippen LogP contribution in [0.15, 0.2) is 6.20 Å². The van der Waals surface area contributed by atoms with E-state index in [1.165, 1.54) is 4.68 Å². The van der Waals surface area contributed by atoms with Gasteiger partial charge in [-0.25, -0.2) is 0 Å². The van der Waals surface area contributed by atoms with Gasteiger partial charge in [0, 0.05) is 13.2 Å². The smallest absolute Gasteiger partial charge is 0.320 e. The molecule has 0 aliphatic carbocycles. The minimum absolute atomic E-state index is 0.0117. The van der Waals surface area contributed by atoms with Gasteiger partial charge in [-0.05, 0) is 26.7 Å². The Bertz CT molecular complexity index is 508. The third-order valence-electron chi connectivity index (χ3n) is 3.41. The molecule has 1 amide bonds. The number of amides is 1. The summed E-state index contributed by atoms with van der Waals surface area (Å²) in [6.45, 7) is 4.70. The summed E-state index contributed by atoms with van der Waals surface area (Å²) in [6.07, 6.45) is 2.93. The first-order chi connectivity index (χ1) is 9.54. The molecule has 2 rings (SSSR count). The molecule has 0 unspecified atom stereocenters. The molecule has 0 radical (unpaired) electrons. The summed E-state index contributed by atoms with van der Waals surface area (Å²) in [5, 5.41) is 17.6. The standard InChI is InChI=1S/C12H18N4O4/c1-3-15-11(9(7-13-15)16(18)19)12(17)14-8(2)10-5-4-6-20-10/h7-8,10H,3-6H2,1-2H3,(H,14,17)/t8-,10+/m0/s1. The van der Waals surface area contributed by atoms with E-state index in [9.17, 15) is 14.9 Å². The first-order valence-electron chi connectivity index (χ1n) is 6.67. The summed E-state index contributed by atoms with van der Waals surface area (Å²) >= 11 is 0. The maximum Gasteiger partial charge on any atom is 0.320 e. The van der Waals surface area contributed by atoms with Gasteiger partial charge in [-0.1, -0.05) is 0 Å². The number of rotatable bonds is 5. The van der Waals surface area contributed by atoms with Gasteiger partial charge in [0.1, 0.15) is 6.20 Å². The summed E-state index contributed by atoms with van der Waals surface area (Å²) in [5.74, 6) is -0.487. The van der Waals surface area contributed by atoms with Gasteiger partial charge in [0.05, 0.1) is 17.1 Å². The highest BCUT2D eigenvalue weighted by Crippen LogP contribution is 2.19. The van der Waals surface area contributed by atoms with Crippen LogP contribution in [0.3, 0.4) is 0 Å². The summed E-state index contributed by atoms with van der Waals surface area (Å²) < 4.78 is 6.83. The minimum Gasteiger partial charge on any atom is -0.376 e. The number of aryl methyl sites for hydroxylation is 1. The van der Waals surface area contributed by atoms with Crippen LogP contribution in [0.25, 0.3) is 0 Å². The molecule has 2 atom stereocenters. The van der Waals surface area contributed by atoms with E-state index in [-0.39, 0.29) is 23.5 Å². The maximum absolute atomic E-state index is 12.2. The Morgan fingerprint density at radius 2 is 2.50 bits per heavy atom. The Hall–Kier alpha value is -1.96. The Morgan fingerprint density at radius 3 is 3.05 bits per heavy atom. The predicted molar refractivity (Wildman–Crippen MR) is 70.5 cm³/mol. The lowest BCUT2D eigenvalue weighted by Crippen LogP contribution is -2.41. The lowest BCUT2D eigenvalue weighted by atomic mass is 10.1. The van der Waals surface area contributed by atoms with E-state index in [1.54, 1.807) is 6.92 Å². The molecule has 0 aromatic carbocycles. The summed E-state index contributed by atoms with van der Waals surface area (Å²) in [6, 6.07) is -0.190. The largest absolute Gasteiger partial charge is 0.376 e. The van der Waals surface area contributed by atoms with Gasteiger partial charge in [-0.3, -0.25) is 19.6 Å². The number of hydrogen-bond donors (Lipinski definition) is 1. The van der Waals surface area contributed by atoms with Crippen molar-refractivity contribution in [3.8, 4) is 0 Å². The second kappa shape index (κ2) is 6.00. The molecule has 2 heterocycles. The fraction of sp³-hybridized carbons (Fsp3) is 0.667. The number of hydrogen-bond acceptors (Lipinski definition) is 5. The van der Waals surface area contributed by atoms with Crippen LogP contribution < -0.4 is 5.32 Å². The van der Waals surface area contributed by atoms with Gasteiger partial charge >= 0.3 is 5.69 Å². The minimum atomic E-state index is -0.592. The molecule has 1 fully saturated rings. The third-order valence-corrected chi connectivity index (χ3v) is 3.41. The van der Waals surface area contributed by atoms with Gasteiger partial charge < -0.3 is 10.1 Å². The molecule has 1 saturated heterocycles. The Labute approximate surface area is 116 Å². The monoisotopic (exact) mass is 282 g/mol. The first-order valence-corrected chi connectivity index (χ1v) is 6.67. The van der Waals surface area contributed by atoms with Crippen LogP contribution in [0.1, 0.15) is 37.2 Å². The zero-order chi connectivity index (χ0) is 14.7. The van der Waals surface area contributed by atoms with Crippen molar-refractivity contribution in [3.05, 3.63) is 22.0 Å². The zero-order valence-electron chi connectivity index (χ0n) is 11.5. The molecule has 1 aliphatic rings. The van der Waals surface area contributed by atoms with Gasteiger partial charge in [0.2, 0.25) is 5.69 Å². The molecule has 20 heavy (non-hydrogen) atoms. The molecule has 0 bridgehead atoms. The summed E-state index contributed by atoms with van der Waals surface area (Å²) in [7, 11) is 0. The molecular formula is C12H18N4O4. The number of nitrogens with zero attached hydrogens (tertiary/aromatic N) is 3. The average Bonchev–Trinajstić information content (AvgIpc) is 3.07. The molecule has 1 aromatic rings. The molecule has 8 heteroatoms. The highest BCUT2D eigenvalue weighted by atomic mass is 16.6. The van der Waals surface area contributed by atoms with E-state index in [1.807, 2.05) is 6.92 Å². The van der Waals surface area contributed by atoms with Crippen LogP contribution in [-0.4, -0.2) is 39.4 Å². The van der Waals surface area contributed by atoms with Gasteiger partial charge in [-0.15, -0.1) is 0 Å². The predicted octanol–water partition coefficient (Wildman–Crippen LogP) is 1.11. The van der Waals surface area contributed by atoms with Crippen molar-refractivity contribution < 1.29 is 14.5 Å². The van der Waals surface area contributed by atoms with E-state index in [0.29, 0.717) is 13.2 Å². The highest BCUT2D eigenvalue weighted by Gasteiger charge is 2.30. The SMILES string of the molecule is CCn1ncc([N+](=O)[O-])c1C(=O)N[C@@H](C)[C@H]1CCCO1. The van der Waals surface area contributed by atoms with Gasteiger partial charge in [0.25, 0.3) is 5.91 Å². The van der Waals surface area contributed by atoms with E-state index < -0.39 is 10.8 Å². The highest BCUT2D eigenvalue weighted by molar-refractivity contribution is 5.96. The van der Waals surface area contributed by atoms with Crippen LogP contribution in [0, 0.1) is 10.1 Å². The second-order valence-corrected chi connectivity index (χ2v) is 4.76. The van der Waals surface area contributed by atoms with Crippen molar-refractivity contribution in [1.29, 1.82) is 0 Å². The summed E-state index contributed by atoms with van der Waals surface area (Å²) in [4.78, 5) is 22.6. The van der Waals surface area contributed by atoms with Crippen molar-refractivity contribution in [2.45, 2.75) is 45.4 Å². The van der Waals surface area contributed by atoms with E-state index in [4.69, 9.17) is 4.74 Å². The van der Waals surface area contributed by atoms with Crippen LogP contribution >= 0.6 is 0 Å². The maximum atomic E-state index is 12.2. The zero-order valence-corrected chi connectivity index (χ0v) is 11.5. The van der Waals surface area contributed by atoms with Crippen molar-refractivity contribution in [1.82, 2.24) is 15.1 Å². The van der Waals surface area contributed by atoms with Gasteiger partial charge in [-0.2, -0.15) is 5.10 Å². The fourth-order valence-corrected chi connectivity index (χ4v) is 2.35. The Balaban J connectivity index is 2.15. The van der Waals surface area contributed by atoms with E-state index in [0.717, 1.165) is 19.0 Å². The van der Waals surface area contributed by atoms with Crippen LogP contribution in [0.5, 0.6) is 0 Å². The number of carbonyl (C=O) groups excluding carboxylic acids is 1. The molecule has 110 valence electrons. The number of nitrogens with one attached hydrogen (secondary N) is 1. The average molecular weight is 282 g/mol. The lowest BCUT2D eigenvalue weighted by Gasteiger charge is -2.19. The topological polar surface area (TPSA) is 99.3 Å². The molecule has 1 aromatic heterocycles. The van der Waals surface area contributed by atoms with E-state index in [2.05, 4.69) is 10.4 Å².